The van der Waals surface area contributed by atoms with Gasteiger partial charge in [0.15, 0.2) is 11.6 Å². The molecular weight excluding hydrogens is 359 g/mol. The number of nitrogens with zero attached hydrogens (tertiary/aromatic N) is 3. The number of likely N-dealkylation sites (N-methyl/N-ethyl adjacent to an activating group) is 1. The quantitative estimate of drug-likeness (QED) is 0.860. The fraction of sp³-hybridized carbons (Fsp3) is 0.412. The third kappa shape index (κ3) is 5.76. The summed E-state index contributed by atoms with van der Waals surface area (Å²) in [5, 5.41) is 4.65. The number of hydrogen-bond acceptors (Lipinski definition) is 6. The van der Waals surface area contributed by atoms with Crippen LogP contribution < -0.4 is 5.32 Å². The fourth-order valence-corrected chi connectivity index (χ4v) is 2.64. The van der Waals surface area contributed by atoms with Crippen molar-refractivity contribution in [2.75, 3.05) is 18.9 Å². The van der Waals surface area contributed by atoms with Crippen LogP contribution in [0, 0.1) is 5.82 Å². The van der Waals surface area contributed by atoms with Crippen LogP contribution >= 0.6 is 11.3 Å². The van der Waals surface area contributed by atoms with Crippen molar-refractivity contribution in [3.63, 3.8) is 0 Å². The number of ether oxygens (including phenoxy) is 1. The molecule has 2 rings (SSSR count). The van der Waals surface area contributed by atoms with E-state index in [0.29, 0.717) is 18.0 Å². The van der Waals surface area contributed by atoms with Crippen molar-refractivity contribution in [3.05, 3.63) is 40.2 Å². The second kappa shape index (κ2) is 8.22. The standard InChI is InChI=1S/C17H21FN4O3S/c1-17(2,3)25-16(24)22(4)9-7-13-20-12(10-26-13)15(23)21-14-11(18)6-5-8-19-14/h5-6,8,10H,7,9H2,1-4H3,(H,19,21,23). The molecule has 0 aromatic carbocycles. The average Bonchev–Trinajstić information content (AvgIpc) is 3.02. The minimum Gasteiger partial charge on any atom is -0.444 e. The van der Waals surface area contributed by atoms with E-state index in [9.17, 15) is 14.0 Å². The van der Waals surface area contributed by atoms with Crippen LogP contribution in [0.25, 0.3) is 0 Å². The molecule has 0 atom stereocenters. The number of nitrogens with one attached hydrogen (secondary N) is 1. The van der Waals surface area contributed by atoms with Gasteiger partial charge in [0.25, 0.3) is 5.91 Å². The van der Waals surface area contributed by atoms with Gasteiger partial charge in [-0.1, -0.05) is 0 Å². The topological polar surface area (TPSA) is 84.4 Å². The first-order valence-electron chi connectivity index (χ1n) is 7.96. The van der Waals surface area contributed by atoms with Gasteiger partial charge in [-0.25, -0.2) is 19.2 Å². The Bertz CT molecular complexity index is 788. The Morgan fingerprint density at radius 2 is 2.12 bits per heavy atom. The molecule has 9 heteroatoms. The highest BCUT2D eigenvalue weighted by Gasteiger charge is 2.20. The van der Waals surface area contributed by atoms with Crippen molar-refractivity contribution in [1.29, 1.82) is 0 Å². The molecule has 0 spiro atoms. The number of thiazole rings is 1. The largest absolute Gasteiger partial charge is 0.444 e. The predicted molar refractivity (Wildman–Crippen MR) is 96.8 cm³/mol. The van der Waals surface area contributed by atoms with Gasteiger partial charge in [-0.2, -0.15) is 0 Å². The maximum Gasteiger partial charge on any atom is 0.410 e. The number of hydrogen-bond donors (Lipinski definition) is 1. The van der Waals surface area contributed by atoms with Crippen LogP contribution in [0.1, 0.15) is 36.3 Å². The molecule has 0 bridgehead atoms. The molecule has 0 aliphatic carbocycles. The van der Waals surface area contributed by atoms with E-state index >= 15 is 0 Å². The third-order valence-corrected chi connectivity index (χ3v) is 4.05. The van der Waals surface area contributed by atoms with Gasteiger partial charge in [-0.05, 0) is 32.9 Å². The maximum absolute atomic E-state index is 13.5. The highest BCUT2D eigenvalue weighted by molar-refractivity contribution is 7.09. The van der Waals surface area contributed by atoms with E-state index in [4.69, 9.17) is 4.74 Å². The van der Waals surface area contributed by atoms with E-state index in [1.807, 2.05) is 0 Å². The normalized spacial score (nSPS) is 11.1. The number of amides is 2. The Balaban J connectivity index is 1.90. The molecule has 0 fully saturated rings. The first-order valence-corrected chi connectivity index (χ1v) is 8.84. The zero-order chi connectivity index (χ0) is 19.3. The summed E-state index contributed by atoms with van der Waals surface area (Å²) >= 11 is 1.29. The molecule has 0 saturated carbocycles. The molecule has 2 aromatic heterocycles. The van der Waals surface area contributed by atoms with Crippen molar-refractivity contribution in [2.45, 2.75) is 32.8 Å². The summed E-state index contributed by atoms with van der Waals surface area (Å²) in [5.41, 5.74) is -0.381. The second-order valence-corrected chi connectivity index (χ2v) is 7.51. The Labute approximate surface area is 155 Å². The van der Waals surface area contributed by atoms with Crippen molar-refractivity contribution in [2.24, 2.45) is 0 Å². The van der Waals surface area contributed by atoms with E-state index in [1.165, 1.54) is 34.6 Å². The lowest BCUT2D eigenvalue weighted by Crippen LogP contribution is -2.35. The maximum atomic E-state index is 13.5. The van der Waals surface area contributed by atoms with Gasteiger partial charge in [-0.15, -0.1) is 11.3 Å². The number of halogens is 1. The SMILES string of the molecule is CN(CCc1nc(C(=O)Nc2ncccc2F)cs1)C(=O)OC(C)(C)C. The van der Waals surface area contributed by atoms with Crippen molar-refractivity contribution in [1.82, 2.24) is 14.9 Å². The molecule has 140 valence electrons. The molecule has 26 heavy (non-hydrogen) atoms. The Hall–Kier alpha value is -2.55. The Morgan fingerprint density at radius 1 is 1.38 bits per heavy atom. The van der Waals surface area contributed by atoms with Crippen molar-refractivity contribution in [3.8, 4) is 0 Å². The monoisotopic (exact) mass is 380 g/mol. The highest BCUT2D eigenvalue weighted by Crippen LogP contribution is 2.15. The number of pyridine rings is 1. The van der Waals surface area contributed by atoms with Gasteiger partial charge in [0, 0.05) is 31.6 Å². The molecule has 7 nitrogen and oxygen atoms in total. The molecule has 1 N–H and O–H groups in total. The van der Waals surface area contributed by atoms with Crippen molar-refractivity contribution < 1.29 is 18.7 Å². The summed E-state index contributed by atoms with van der Waals surface area (Å²) < 4.78 is 18.8. The summed E-state index contributed by atoms with van der Waals surface area (Å²) in [6.45, 7) is 5.80. The molecule has 2 aromatic rings. The van der Waals surface area contributed by atoms with Gasteiger partial charge in [0.1, 0.15) is 11.3 Å². The van der Waals surface area contributed by atoms with Gasteiger partial charge in [0.05, 0.1) is 5.01 Å². The fourth-order valence-electron chi connectivity index (χ4n) is 1.87. The van der Waals surface area contributed by atoms with Gasteiger partial charge < -0.3 is 15.0 Å². The summed E-state index contributed by atoms with van der Waals surface area (Å²) in [6, 6.07) is 2.65. The lowest BCUT2D eigenvalue weighted by atomic mass is 10.2. The summed E-state index contributed by atoms with van der Waals surface area (Å²) in [5.74, 6) is -1.29. The molecule has 0 unspecified atom stereocenters. The van der Waals surface area contributed by atoms with E-state index in [0.717, 1.165) is 0 Å². The van der Waals surface area contributed by atoms with Crippen LogP contribution in [0.2, 0.25) is 0 Å². The Kier molecular flexibility index (Phi) is 6.25. The van der Waals surface area contributed by atoms with E-state index in [-0.39, 0.29) is 11.5 Å². The van der Waals surface area contributed by atoms with Crippen LogP contribution in [0.4, 0.5) is 15.0 Å². The second-order valence-electron chi connectivity index (χ2n) is 6.57. The molecule has 2 heterocycles. The van der Waals surface area contributed by atoms with E-state index in [1.54, 1.807) is 33.2 Å². The number of anilines is 1. The molecule has 0 radical (unpaired) electrons. The summed E-state index contributed by atoms with van der Waals surface area (Å²) in [6.07, 6.45) is 1.45. The van der Waals surface area contributed by atoms with E-state index in [2.05, 4.69) is 15.3 Å². The van der Waals surface area contributed by atoms with Crippen molar-refractivity contribution >= 4 is 29.2 Å². The lowest BCUT2D eigenvalue weighted by molar-refractivity contribution is 0.0300. The van der Waals surface area contributed by atoms with Crippen LogP contribution in [0.15, 0.2) is 23.7 Å². The molecule has 0 aliphatic rings. The molecule has 0 saturated heterocycles. The van der Waals surface area contributed by atoms with Crippen LogP contribution in [0.5, 0.6) is 0 Å². The molecular formula is C17H21FN4O3S. The van der Waals surface area contributed by atoms with Gasteiger partial charge in [-0.3, -0.25) is 4.79 Å². The predicted octanol–water partition coefficient (Wildman–Crippen LogP) is 3.34. The average molecular weight is 380 g/mol. The minimum absolute atomic E-state index is 0.142. The summed E-state index contributed by atoms with van der Waals surface area (Å²) in [7, 11) is 1.64. The molecule has 2 amide bonds. The van der Waals surface area contributed by atoms with Crippen LogP contribution in [0.3, 0.4) is 0 Å². The third-order valence-electron chi connectivity index (χ3n) is 3.14. The smallest absolute Gasteiger partial charge is 0.410 e. The molecule has 0 aliphatic heterocycles. The van der Waals surface area contributed by atoms with Crippen LogP contribution in [-0.4, -0.2) is 46.1 Å². The first-order chi connectivity index (χ1) is 12.2. The van der Waals surface area contributed by atoms with Gasteiger partial charge >= 0.3 is 6.09 Å². The zero-order valence-electron chi connectivity index (χ0n) is 15.1. The Morgan fingerprint density at radius 3 is 2.77 bits per heavy atom. The number of carbonyl (C=O) groups excluding carboxylic acids is 2. The number of rotatable bonds is 5. The van der Waals surface area contributed by atoms with E-state index < -0.39 is 23.4 Å². The zero-order valence-corrected chi connectivity index (χ0v) is 15.9. The number of aromatic nitrogens is 2. The minimum atomic E-state index is -0.615. The lowest BCUT2D eigenvalue weighted by Gasteiger charge is -2.24. The number of carbonyl (C=O) groups is 2. The first kappa shape index (κ1) is 19.8. The van der Waals surface area contributed by atoms with Crippen LogP contribution in [-0.2, 0) is 11.2 Å². The van der Waals surface area contributed by atoms with Gasteiger partial charge in [0.2, 0.25) is 0 Å². The summed E-state index contributed by atoms with van der Waals surface area (Å²) in [4.78, 5) is 33.5. The highest BCUT2D eigenvalue weighted by atomic mass is 32.1.